The Bertz CT molecular complexity index is 596. The van der Waals surface area contributed by atoms with Crippen LogP contribution in [0.25, 0.3) is 11.5 Å². The van der Waals surface area contributed by atoms with Crippen LogP contribution in [0.1, 0.15) is 18.9 Å². The third kappa shape index (κ3) is 4.06. The van der Waals surface area contributed by atoms with E-state index in [1.165, 1.54) is 6.26 Å². The van der Waals surface area contributed by atoms with Crippen LogP contribution in [-0.2, 0) is 0 Å². The Morgan fingerprint density at radius 3 is 2.95 bits per heavy atom. The highest BCUT2D eigenvalue weighted by molar-refractivity contribution is 5.91. The minimum Gasteiger partial charge on any atom is -0.445 e. The van der Waals surface area contributed by atoms with Gasteiger partial charge < -0.3 is 20.2 Å². The molecule has 0 saturated heterocycles. The second-order valence-corrected chi connectivity index (χ2v) is 4.88. The molecule has 0 saturated carbocycles. The first-order valence-corrected chi connectivity index (χ1v) is 6.79. The molecule has 21 heavy (non-hydrogen) atoms. The molecule has 0 aliphatic heterocycles. The second-order valence-electron chi connectivity index (χ2n) is 4.88. The van der Waals surface area contributed by atoms with Crippen molar-refractivity contribution in [2.24, 2.45) is 0 Å². The van der Waals surface area contributed by atoms with Gasteiger partial charge in [0.2, 0.25) is 5.89 Å². The average molecular weight is 289 g/mol. The Hall–Kier alpha value is -2.34. The fourth-order valence-electron chi connectivity index (χ4n) is 1.90. The lowest BCUT2D eigenvalue weighted by Crippen LogP contribution is -2.36. The number of anilines is 1. The molecule has 0 unspecified atom stereocenters. The van der Waals surface area contributed by atoms with E-state index >= 15 is 0 Å². The quantitative estimate of drug-likeness (QED) is 0.789. The molecule has 0 spiro atoms. The zero-order valence-electron chi connectivity index (χ0n) is 12.1. The van der Waals surface area contributed by atoms with Crippen molar-refractivity contribution in [2.45, 2.75) is 26.3 Å². The molecule has 1 aromatic heterocycles. The normalized spacial score (nSPS) is 12.0. The number of oxazole rings is 1. The molecule has 2 aromatic rings. The molecule has 112 valence electrons. The standard InChI is InChI=1S/C15H19N3O3/c1-10-3-4-12(14-16-6-8-21-14)9-13(10)18-15(20)17-11(2)5-7-19/h3-4,6,8-9,11,19H,5,7H2,1-2H3,(H2,17,18,20)/t11-/m1/s1. The van der Waals surface area contributed by atoms with Crippen molar-refractivity contribution < 1.29 is 14.3 Å². The van der Waals surface area contributed by atoms with Gasteiger partial charge in [0, 0.05) is 23.9 Å². The van der Waals surface area contributed by atoms with E-state index in [1.54, 1.807) is 6.20 Å². The number of hydrogen-bond donors (Lipinski definition) is 3. The number of hydrogen-bond acceptors (Lipinski definition) is 4. The summed E-state index contributed by atoms with van der Waals surface area (Å²) < 4.78 is 5.25. The highest BCUT2D eigenvalue weighted by Gasteiger charge is 2.10. The molecule has 2 amide bonds. The smallest absolute Gasteiger partial charge is 0.319 e. The summed E-state index contributed by atoms with van der Waals surface area (Å²) in [5.41, 5.74) is 2.43. The maximum atomic E-state index is 11.9. The molecule has 1 heterocycles. The second kappa shape index (κ2) is 6.90. The molecule has 0 fully saturated rings. The van der Waals surface area contributed by atoms with E-state index in [1.807, 2.05) is 32.0 Å². The maximum Gasteiger partial charge on any atom is 0.319 e. The van der Waals surface area contributed by atoms with Gasteiger partial charge >= 0.3 is 6.03 Å². The van der Waals surface area contributed by atoms with E-state index in [2.05, 4.69) is 15.6 Å². The Morgan fingerprint density at radius 2 is 2.29 bits per heavy atom. The lowest BCUT2D eigenvalue weighted by atomic mass is 10.1. The van der Waals surface area contributed by atoms with Crippen molar-refractivity contribution in [2.75, 3.05) is 11.9 Å². The fraction of sp³-hybridized carbons (Fsp3) is 0.333. The fourth-order valence-corrected chi connectivity index (χ4v) is 1.90. The number of carbonyl (C=O) groups excluding carboxylic acids is 1. The zero-order chi connectivity index (χ0) is 15.2. The van der Waals surface area contributed by atoms with E-state index < -0.39 is 0 Å². The summed E-state index contributed by atoms with van der Waals surface area (Å²) >= 11 is 0. The summed E-state index contributed by atoms with van der Waals surface area (Å²) in [6, 6.07) is 5.20. The van der Waals surface area contributed by atoms with Crippen molar-refractivity contribution >= 4 is 11.7 Å². The Labute approximate surface area is 123 Å². The van der Waals surface area contributed by atoms with Gasteiger partial charge in [-0.3, -0.25) is 0 Å². The van der Waals surface area contributed by atoms with Gasteiger partial charge in [0.05, 0.1) is 6.20 Å². The topological polar surface area (TPSA) is 87.4 Å². The number of aryl methyl sites for hydroxylation is 1. The minimum atomic E-state index is -0.302. The Morgan fingerprint density at radius 1 is 1.48 bits per heavy atom. The molecule has 0 bridgehead atoms. The van der Waals surface area contributed by atoms with Gasteiger partial charge in [0.1, 0.15) is 6.26 Å². The number of aliphatic hydroxyl groups excluding tert-OH is 1. The van der Waals surface area contributed by atoms with Crippen LogP contribution in [0.4, 0.5) is 10.5 Å². The SMILES string of the molecule is Cc1ccc(-c2ncco2)cc1NC(=O)N[C@H](C)CCO. The number of aliphatic hydroxyl groups is 1. The van der Waals surface area contributed by atoms with Gasteiger partial charge in [0.15, 0.2) is 0 Å². The molecule has 0 aliphatic rings. The molecule has 3 N–H and O–H groups in total. The molecule has 1 aromatic carbocycles. The zero-order valence-corrected chi connectivity index (χ0v) is 12.1. The summed E-state index contributed by atoms with van der Waals surface area (Å²) in [7, 11) is 0. The van der Waals surface area contributed by atoms with Gasteiger partial charge in [-0.2, -0.15) is 0 Å². The summed E-state index contributed by atoms with van der Waals surface area (Å²) in [6.07, 6.45) is 3.60. The van der Waals surface area contributed by atoms with Gasteiger partial charge in [-0.15, -0.1) is 0 Å². The van der Waals surface area contributed by atoms with Crippen LogP contribution in [0.5, 0.6) is 0 Å². The number of amides is 2. The first-order valence-electron chi connectivity index (χ1n) is 6.79. The number of rotatable bonds is 5. The monoisotopic (exact) mass is 289 g/mol. The predicted molar refractivity (Wildman–Crippen MR) is 80.0 cm³/mol. The summed E-state index contributed by atoms with van der Waals surface area (Å²) in [4.78, 5) is 16.0. The van der Waals surface area contributed by atoms with E-state index in [9.17, 15) is 4.79 Å². The third-order valence-corrected chi connectivity index (χ3v) is 3.10. The molecule has 1 atom stereocenters. The van der Waals surface area contributed by atoms with Crippen LogP contribution in [0.3, 0.4) is 0 Å². The number of nitrogens with zero attached hydrogens (tertiary/aromatic N) is 1. The first-order chi connectivity index (χ1) is 10.1. The van der Waals surface area contributed by atoms with Gasteiger partial charge in [0.25, 0.3) is 0 Å². The molecule has 0 radical (unpaired) electrons. The molecular formula is C15H19N3O3. The van der Waals surface area contributed by atoms with Gasteiger partial charge in [-0.05, 0) is 38.0 Å². The van der Waals surface area contributed by atoms with Crippen molar-refractivity contribution in [3.63, 3.8) is 0 Å². The van der Waals surface area contributed by atoms with Crippen molar-refractivity contribution in [1.29, 1.82) is 0 Å². The molecule has 6 heteroatoms. The Kier molecular flexibility index (Phi) is 4.94. The average Bonchev–Trinajstić information content (AvgIpc) is 2.95. The van der Waals surface area contributed by atoms with Crippen molar-refractivity contribution in [3.05, 3.63) is 36.2 Å². The van der Waals surface area contributed by atoms with Crippen molar-refractivity contribution in [1.82, 2.24) is 10.3 Å². The number of nitrogens with one attached hydrogen (secondary N) is 2. The maximum absolute atomic E-state index is 11.9. The van der Waals surface area contributed by atoms with E-state index in [-0.39, 0.29) is 18.7 Å². The number of urea groups is 1. The lowest BCUT2D eigenvalue weighted by molar-refractivity contribution is 0.241. The molecule has 6 nitrogen and oxygen atoms in total. The third-order valence-electron chi connectivity index (χ3n) is 3.10. The van der Waals surface area contributed by atoms with Crippen LogP contribution in [0, 0.1) is 6.92 Å². The molecule has 2 rings (SSSR count). The molecular weight excluding hydrogens is 270 g/mol. The number of benzene rings is 1. The highest BCUT2D eigenvalue weighted by Crippen LogP contribution is 2.24. The van der Waals surface area contributed by atoms with Crippen LogP contribution in [0.15, 0.2) is 35.1 Å². The van der Waals surface area contributed by atoms with Crippen LogP contribution in [-0.4, -0.2) is 28.8 Å². The summed E-state index contributed by atoms with van der Waals surface area (Å²) in [5, 5.41) is 14.4. The summed E-state index contributed by atoms with van der Waals surface area (Å²) in [5.74, 6) is 0.507. The van der Waals surface area contributed by atoms with Crippen molar-refractivity contribution in [3.8, 4) is 11.5 Å². The minimum absolute atomic E-state index is 0.0418. The number of carbonyl (C=O) groups is 1. The van der Waals surface area contributed by atoms with E-state index in [0.717, 1.165) is 11.1 Å². The van der Waals surface area contributed by atoms with Crippen LogP contribution < -0.4 is 10.6 Å². The van der Waals surface area contributed by atoms with Gasteiger partial charge in [-0.25, -0.2) is 9.78 Å². The van der Waals surface area contributed by atoms with E-state index in [0.29, 0.717) is 18.0 Å². The predicted octanol–water partition coefficient (Wildman–Crippen LogP) is 2.54. The first kappa shape index (κ1) is 15.1. The Balaban J connectivity index is 2.09. The molecule has 0 aliphatic carbocycles. The highest BCUT2D eigenvalue weighted by atomic mass is 16.3. The van der Waals surface area contributed by atoms with Crippen LogP contribution in [0.2, 0.25) is 0 Å². The number of aromatic nitrogens is 1. The van der Waals surface area contributed by atoms with Crippen LogP contribution >= 0.6 is 0 Å². The van der Waals surface area contributed by atoms with E-state index in [4.69, 9.17) is 9.52 Å². The largest absolute Gasteiger partial charge is 0.445 e. The van der Waals surface area contributed by atoms with Gasteiger partial charge in [-0.1, -0.05) is 6.07 Å². The lowest BCUT2D eigenvalue weighted by Gasteiger charge is -2.15. The summed E-state index contributed by atoms with van der Waals surface area (Å²) in [6.45, 7) is 3.79.